The van der Waals surface area contributed by atoms with E-state index in [1.165, 1.54) is 6.92 Å². The number of benzene rings is 1. The fourth-order valence-electron chi connectivity index (χ4n) is 1.61. The number of ketones is 1. The Kier molecular flexibility index (Phi) is 1.97. The van der Waals surface area contributed by atoms with Crippen LogP contribution in [-0.2, 0) is 4.79 Å². The third kappa shape index (κ3) is 1.18. The van der Waals surface area contributed by atoms with Gasteiger partial charge in [-0.15, -0.1) is 0 Å². The number of carbonyl (C=O) groups is 2. The lowest BCUT2D eigenvalue weighted by molar-refractivity contribution is -0.385. The van der Waals surface area contributed by atoms with Gasteiger partial charge in [-0.1, -0.05) is 0 Å². The fraction of sp³-hybridized carbons (Fsp3) is 0.111. The lowest BCUT2D eigenvalue weighted by Gasteiger charge is -2.03. The number of hydrogen-bond acceptors (Lipinski definition) is 4. The summed E-state index contributed by atoms with van der Waals surface area (Å²) < 4.78 is 13.4. The van der Waals surface area contributed by atoms with Crippen LogP contribution in [0.25, 0.3) is 0 Å². The molecule has 1 aliphatic heterocycles. The van der Waals surface area contributed by atoms with E-state index in [2.05, 4.69) is 0 Å². The van der Waals surface area contributed by atoms with E-state index in [9.17, 15) is 24.1 Å². The maximum absolute atomic E-state index is 13.4. The number of nitrogens with zero attached hydrogens (tertiary/aromatic N) is 1. The largest absolute Gasteiger partial charge is 0.316 e. The van der Waals surface area contributed by atoms with E-state index >= 15 is 0 Å². The van der Waals surface area contributed by atoms with Crippen LogP contribution in [0.1, 0.15) is 15.9 Å². The molecule has 2 rings (SSSR count). The average molecular weight is 224 g/mol. The summed E-state index contributed by atoms with van der Waals surface area (Å²) in [5.74, 6) is -2.90. The number of nitro groups is 1. The molecule has 0 aliphatic carbocycles. The Morgan fingerprint density at radius 2 is 2.06 bits per heavy atom. The smallest absolute Gasteiger partial charge is 0.296 e. The second kappa shape index (κ2) is 3.09. The lowest BCUT2D eigenvalue weighted by atomic mass is 10.0. The maximum atomic E-state index is 13.4. The van der Waals surface area contributed by atoms with Gasteiger partial charge in [0, 0.05) is 5.56 Å². The van der Waals surface area contributed by atoms with Crippen molar-refractivity contribution in [2.75, 3.05) is 5.32 Å². The van der Waals surface area contributed by atoms with Crippen LogP contribution < -0.4 is 5.32 Å². The van der Waals surface area contributed by atoms with Crippen molar-refractivity contribution in [2.45, 2.75) is 6.92 Å². The Morgan fingerprint density at radius 1 is 1.44 bits per heavy atom. The van der Waals surface area contributed by atoms with E-state index in [1.807, 2.05) is 5.32 Å². The summed E-state index contributed by atoms with van der Waals surface area (Å²) in [6.07, 6.45) is 0. The molecular formula is C9H5FN2O4. The zero-order valence-electron chi connectivity index (χ0n) is 8.04. The van der Waals surface area contributed by atoms with Crippen molar-refractivity contribution in [1.29, 1.82) is 0 Å². The zero-order chi connectivity index (χ0) is 12.0. The quantitative estimate of drug-likeness (QED) is 0.440. The highest BCUT2D eigenvalue weighted by Gasteiger charge is 2.35. The molecule has 0 saturated carbocycles. The predicted molar refractivity (Wildman–Crippen MR) is 50.8 cm³/mol. The summed E-state index contributed by atoms with van der Waals surface area (Å²) in [7, 11) is 0. The molecule has 0 bridgehead atoms. The first-order valence-corrected chi connectivity index (χ1v) is 4.26. The molecule has 1 heterocycles. The highest BCUT2D eigenvalue weighted by molar-refractivity contribution is 6.52. The third-order valence-electron chi connectivity index (χ3n) is 2.38. The summed E-state index contributed by atoms with van der Waals surface area (Å²) in [4.78, 5) is 32.1. The van der Waals surface area contributed by atoms with Gasteiger partial charge in [-0.2, -0.15) is 0 Å². The first-order chi connectivity index (χ1) is 7.43. The minimum absolute atomic E-state index is 0.00949. The topological polar surface area (TPSA) is 89.3 Å². The van der Waals surface area contributed by atoms with Crippen LogP contribution in [0.4, 0.5) is 15.8 Å². The average Bonchev–Trinajstić information content (AvgIpc) is 2.50. The molecule has 1 amide bonds. The molecule has 1 N–H and O–H groups in total. The number of carbonyl (C=O) groups excluding carboxylic acids is 2. The first-order valence-electron chi connectivity index (χ1n) is 4.26. The van der Waals surface area contributed by atoms with Gasteiger partial charge in [0.25, 0.3) is 17.4 Å². The van der Waals surface area contributed by atoms with Crippen molar-refractivity contribution in [3.05, 3.63) is 33.1 Å². The van der Waals surface area contributed by atoms with Crippen molar-refractivity contribution in [3.63, 3.8) is 0 Å². The van der Waals surface area contributed by atoms with Gasteiger partial charge < -0.3 is 5.32 Å². The second-order valence-electron chi connectivity index (χ2n) is 3.29. The Labute approximate surface area is 88.2 Å². The van der Waals surface area contributed by atoms with E-state index in [-0.39, 0.29) is 16.8 Å². The van der Waals surface area contributed by atoms with E-state index in [0.29, 0.717) is 6.07 Å². The number of nitro benzene ring substituents is 1. The number of halogens is 1. The molecule has 0 radical (unpaired) electrons. The summed E-state index contributed by atoms with van der Waals surface area (Å²) in [5.41, 5.74) is -1.05. The molecule has 1 aromatic carbocycles. The molecular weight excluding hydrogens is 219 g/mol. The molecule has 0 aromatic heterocycles. The zero-order valence-corrected chi connectivity index (χ0v) is 8.04. The summed E-state index contributed by atoms with van der Waals surface area (Å²) >= 11 is 0. The van der Waals surface area contributed by atoms with Crippen LogP contribution in [0, 0.1) is 22.9 Å². The number of fused-ring (bicyclic) bond motifs is 1. The molecule has 1 aromatic rings. The molecule has 82 valence electrons. The lowest BCUT2D eigenvalue weighted by Crippen LogP contribution is -2.13. The van der Waals surface area contributed by atoms with Crippen LogP contribution in [0.15, 0.2) is 6.07 Å². The standard InChI is InChI=1S/C9H5FN2O4/c1-3-5(12(15)16)2-4(10)7-6(3)8(13)9(14)11-7/h2H,1H3,(H,11,13,14). The SMILES string of the molecule is Cc1c([N+](=O)[O-])cc(F)c2c1C(=O)C(=O)N2. The Bertz CT molecular complexity index is 553. The monoisotopic (exact) mass is 224 g/mol. The maximum Gasteiger partial charge on any atom is 0.296 e. The Hall–Kier alpha value is -2.31. The molecule has 7 heteroatoms. The van der Waals surface area contributed by atoms with E-state index < -0.39 is 28.1 Å². The minimum Gasteiger partial charge on any atom is -0.316 e. The molecule has 6 nitrogen and oxygen atoms in total. The van der Waals surface area contributed by atoms with Crippen molar-refractivity contribution < 1.29 is 18.9 Å². The summed E-state index contributed by atoms with van der Waals surface area (Å²) in [6.45, 7) is 1.30. The van der Waals surface area contributed by atoms with Crippen LogP contribution in [0.5, 0.6) is 0 Å². The minimum atomic E-state index is -0.980. The molecule has 1 aliphatic rings. The fourth-order valence-corrected chi connectivity index (χ4v) is 1.61. The normalized spacial score (nSPS) is 13.6. The van der Waals surface area contributed by atoms with Gasteiger partial charge in [-0.25, -0.2) is 4.39 Å². The second-order valence-corrected chi connectivity index (χ2v) is 3.29. The molecule has 0 unspecified atom stereocenters. The van der Waals surface area contributed by atoms with E-state index in [1.54, 1.807) is 0 Å². The highest BCUT2D eigenvalue weighted by Crippen LogP contribution is 2.34. The van der Waals surface area contributed by atoms with Gasteiger partial charge in [0.1, 0.15) is 0 Å². The van der Waals surface area contributed by atoms with Crippen LogP contribution >= 0.6 is 0 Å². The summed E-state index contributed by atoms with van der Waals surface area (Å²) in [6, 6.07) is 0.688. The van der Waals surface area contributed by atoms with Crippen molar-refractivity contribution in [2.24, 2.45) is 0 Å². The molecule has 0 saturated heterocycles. The van der Waals surface area contributed by atoms with Gasteiger partial charge in [0.05, 0.1) is 22.2 Å². The molecule has 0 atom stereocenters. The third-order valence-corrected chi connectivity index (χ3v) is 2.38. The van der Waals surface area contributed by atoms with Crippen LogP contribution in [0.2, 0.25) is 0 Å². The Morgan fingerprint density at radius 3 is 2.62 bits per heavy atom. The van der Waals surface area contributed by atoms with Gasteiger partial charge >= 0.3 is 0 Å². The number of amides is 1. The summed E-state index contributed by atoms with van der Waals surface area (Å²) in [5, 5.41) is 12.6. The van der Waals surface area contributed by atoms with Gasteiger partial charge in [-0.3, -0.25) is 19.7 Å². The number of nitrogens with one attached hydrogen (secondary N) is 1. The number of anilines is 1. The number of hydrogen-bond donors (Lipinski definition) is 1. The van der Waals surface area contributed by atoms with Crippen molar-refractivity contribution in [3.8, 4) is 0 Å². The van der Waals surface area contributed by atoms with Gasteiger partial charge in [0.15, 0.2) is 5.82 Å². The molecule has 0 fully saturated rings. The van der Waals surface area contributed by atoms with E-state index in [4.69, 9.17) is 0 Å². The first kappa shape index (κ1) is 10.2. The Balaban J connectivity index is 2.79. The molecule has 0 spiro atoms. The number of rotatable bonds is 1. The van der Waals surface area contributed by atoms with Crippen LogP contribution in [-0.4, -0.2) is 16.6 Å². The molecule has 16 heavy (non-hydrogen) atoms. The number of Topliss-reactive ketones (excluding diaryl/α,β-unsaturated/α-hetero) is 1. The van der Waals surface area contributed by atoms with Gasteiger partial charge in [0.2, 0.25) is 0 Å². The highest BCUT2D eigenvalue weighted by atomic mass is 19.1. The van der Waals surface area contributed by atoms with Crippen LogP contribution in [0.3, 0.4) is 0 Å². The predicted octanol–water partition coefficient (Wildman–Crippen LogP) is 1.18. The van der Waals surface area contributed by atoms with Gasteiger partial charge in [-0.05, 0) is 6.92 Å². The van der Waals surface area contributed by atoms with Crippen molar-refractivity contribution in [1.82, 2.24) is 0 Å². The van der Waals surface area contributed by atoms with E-state index in [0.717, 1.165) is 0 Å². The van der Waals surface area contributed by atoms with Crippen molar-refractivity contribution >= 4 is 23.1 Å².